The Morgan fingerprint density at radius 1 is 1.38 bits per heavy atom. The number of carbonyl (C=O) groups is 1. The van der Waals surface area contributed by atoms with Crippen molar-refractivity contribution in [2.45, 2.75) is 12.8 Å². The fourth-order valence-corrected chi connectivity index (χ4v) is 2.13. The highest BCUT2D eigenvalue weighted by molar-refractivity contribution is 6.34. The van der Waals surface area contributed by atoms with Crippen LogP contribution in [0.25, 0.3) is 6.08 Å². The highest BCUT2D eigenvalue weighted by Crippen LogP contribution is 2.21. The van der Waals surface area contributed by atoms with E-state index >= 15 is 0 Å². The second-order valence-electron chi connectivity index (χ2n) is 4.43. The molecule has 4 nitrogen and oxygen atoms in total. The topological polar surface area (TPSA) is 57.8 Å². The molecule has 0 atom stereocenters. The average Bonchev–Trinajstić information content (AvgIpc) is 2.98. The first-order chi connectivity index (χ1) is 10.1. The van der Waals surface area contributed by atoms with Crippen LogP contribution in [-0.2, 0) is 11.2 Å². The van der Waals surface area contributed by atoms with E-state index < -0.39 is 0 Å². The minimum absolute atomic E-state index is 0.162. The molecule has 0 aliphatic carbocycles. The number of carbonyl (C=O) groups excluding carboxylic acids is 1. The van der Waals surface area contributed by atoms with Gasteiger partial charge in [-0.25, -0.2) is 4.98 Å². The van der Waals surface area contributed by atoms with Gasteiger partial charge in [0.2, 0.25) is 5.91 Å². The molecule has 6 heteroatoms. The van der Waals surface area contributed by atoms with Gasteiger partial charge in [0.05, 0.1) is 0 Å². The van der Waals surface area contributed by atoms with Crippen molar-refractivity contribution in [3.8, 4) is 0 Å². The number of imidazole rings is 1. The SMILES string of the molecule is O=C(/C=C/c1cc(Cl)ccc1Cl)NCCCc1ncc[nH]1. The zero-order valence-electron chi connectivity index (χ0n) is 11.3. The fraction of sp³-hybridized carbons (Fsp3) is 0.200. The quantitative estimate of drug-likeness (QED) is 0.631. The molecule has 0 aliphatic rings. The van der Waals surface area contributed by atoms with Gasteiger partial charge in [-0.05, 0) is 36.3 Å². The molecule has 0 saturated carbocycles. The van der Waals surface area contributed by atoms with Crippen molar-refractivity contribution < 1.29 is 4.79 Å². The van der Waals surface area contributed by atoms with Crippen molar-refractivity contribution in [1.82, 2.24) is 15.3 Å². The highest BCUT2D eigenvalue weighted by Gasteiger charge is 2.00. The maximum atomic E-state index is 11.7. The minimum Gasteiger partial charge on any atom is -0.353 e. The molecule has 1 aromatic carbocycles. The van der Waals surface area contributed by atoms with Crippen molar-refractivity contribution in [3.63, 3.8) is 0 Å². The standard InChI is InChI=1S/C15H15Cl2N3O/c16-12-4-5-13(17)11(10-12)3-6-15(21)20-7-1-2-14-18-8-9-19-14/h3-6,8-10H,1-2,7H2,(H,18,19)(H,20,21)/b6-3+. The number of nitrogens with one attached hydrogen (secondary N) is 2. The number of amides is 1. The number of benzene rings is 1. The Morgan fingerprint density at radius 3 is 3.00 bits per heavy atom. The summed E-state index contributed by atoms with van der Waals surface area (Å²) in [7, 11) is 0. The van der Waals surface area contributed by atoms with Crippen molar-refractivity contribution in [2.24, 2.45) is 0 Å². The monoisotopic (exact) mass is 323 g/mol. The summed E-state index contributed by atoms with van der Waals surface area (Å²) in [4.78, 5) is 18.8. The first-order valence-corrected chi connectivity index (χ1v) is 7.30. The molecular formula is C15H15Cl2N3O. The van der Waals surface area contributed by atoms with E-state index in [4.69, 9.17) is 23.2 Å². The summed E-state index contributed by atoms with van der Waals surface area (Å²) in [6.07, 6.45) is 8.22. The van der Waals surface area contributed by atoms with Crippen LogP contribution in [0.15, 0.2) is 36.7 Å². The summed E-state index contributed by atoms with van der Waals surface area (Å²) in [5.74, 6) is 0.760. The van der Waals surface area contributed by atoms with Crippen LogP contribution in [0.4, 0.5) is 0 Å². The average molecular weight is 324 g/mol. The van der Waals surface area contributed by atoms with Gasteiger partial charge in [-0.3, -0.25) is 4.79 Å². The molecule has 1 amide bonds. The normalized spacial score (nSPS) is 11.0. The molecule has 110 valence electrons. The third-order valence-electron chi connectivity index (χ3n) is 2.82. The van der Waals surface area contributed by atoms with Crippen molar-refractivity contribution in [3.05, 3.63) is 58.1 Å². The number of aromatic amines is 1. The van der Waals surface area contributed by atoms with Gasteiger partial charge in [-0.1, -0.05) is 23.2 Å². The molecule has 0 aliphatic heterocycles. The van der Waals surface area contributed by atoms with Crippen LogP contribution in [0.1, 0.15) is 17.8 Å². The van der Waals surface area contributed by atoms with Crippen LogP contribution in [-0.4, -0.2) is 22.4 Å². The Morgan fingerprint density at radius 2 is 2.24 bits per heavy atom. The summed E-state index contributed by atoms with van der Waals surface area (Å²) in [6, 6.07) is 5.12. The molecule has 0 radical (unpaired) electrons. The van der Waals surface area contributed by atoms with E-state index in [1.165, 1.54) is 6.08 Å². The number of hydrogen-bond donors (Lipinski definition) is 2. The number of H-pyrrole nitrogens is 1. The zero-order chi connectivity index (χ0) is 15.1. The molecule has 2 rings (SSSR count). The van der Waals surface area contributed by atoms with E-state index in [1.54, 1.807) is 36.7 Å². The van der Waals surface area contributed by atoms with Crippen molar-refractivity contribution in [1.29, 1.82) is 0 Å². The summed E-state index contributed by atoms with van der Waals surface area (Å²) >= 11 is 11.9. The maximum absolute atomic E-state index is 11.7. The van der Waals surface area contributed by atoms with Crippen LogP contribution < -0.4 is 5.32 Å². The number of aromatic nitrogens is 2. The molecule has 0 bridgehead atoms. The largest absolute Gasteiger partial charge is 0.353 e. The van der Waals surface area contributed by atoms with Crippen molar-refractivity contribution in [2.75, 3.05) is 6.54 Å². The molecule has 2 N–H and O–H groups in total. The van der Waals surface area contributed by atoms with E-state index in [0.29, 0.717) is 16.6 Å². The second kappa shape index (κ2) is 7.86. The van der Waals surface area contributed by atoms with Crippen molar-refractivity contribution >= 4 is 35.2 Å². The lowest BCUT2D eigenvalue weighted by Gasteiger charge is -2.02. The summed E-state index contributed by atoms with van der Waals surface area (Å²) in [5.41, 5.74) is 0.718. The number of aryl methyl sites for hydroxylation is 1. The molecule has 2 aromatic rings. The lowest BCUT2D eigenvalue weighted by Crippen LogP contribution is -2.22. The number of hydrogen-bond acceptors (Lipinski definition) is 2. The van der Waals surface area contributed by atoms with E-state index in [-0.39, 0.29) is 5.91 Å². The van der Waals surface area contributed by atoms with Crippen LogP contribution in [0, 0.1) is 0 Å². The second-order valence-corrected chi connectivity index (χ2v) is 5.27. The number of halogens is 2. The molecule has 0 spiro atoms. The smallest absolute Gasteiger partial charge is 0.244 e. The van der Waals surface area contributed by atoms with E-state index in [2.05, 4.69) is 15.3 Å². The summed E-state index contributed by atoms with van der Waals surface area (Å²) in [6.45, 7) is 0.590. The van der Waals surface area contributed by atoms with Crippen LogP contribution in [0.2, 0.25) is 10.0 Å². The zero-order valence-corrected chi connectivity index (χ0v) is 12.8. The van der Waals surface area contributed by atoms with Crippen LogP contribution in [0.5, 0.6) is 0 Å². The maximum Gasteiger partial charge on any atom is 0.244 e. The Kier molecular flexibility index (Phi) is 5.84. The van der Waals surface area contributed by atoms with Gasteiger partial charge >= 0.3 is 0 Å². The molecule has 0 saturated heterocycles. The Labute approximate surface area is 133 Å². The first kappa shape index (κ1) is 15.6. The lowest BCUT2D eigenvalue weighted by molar-refractivity contribution is -0.116. The summed E-state index contributed by atoms with van der Waals surface area (Å²) < 4.78 is 0. The first-order valence-electron chi connectivity index (χ1n) is 6.54. The predicted molar refractivity (Wildman–Crippen MR) is 85.4 cm³/mol. The van der Waals surface area contributed by atoms with Gasteiger partial charge in [-0.2, -0.15) is 0 Å². The molecule has 0 fully saturated rings. The summed E-state index contributed by atoms with van der Waals surface area (Å²) in [5, 5.41) is 3.94. The fourth-order valence-electron chi connectivity index (χ4n) is 1.77. The van der Waals surface area contributed by atoms with Gasteiger partial charge in [0.1, 0.15) is 5.82 Å². The molecular weight excluding hydrogens is 309 g/mol. The predicted octanol–water partition coefficient (Wildman–Crippen LogP) is 3.48. The van der Waals surface area contributed by atoms with E-state index in [0.717, 1.165) is 24.2 Å². The lowest BCUT2D eigenvalue weighted by atomic mass is 10.2. The molecule has 21 heavy (non-hydrogen) atoms. The third kappa shape index (κ3) is 5.25. The number of rotatable bonds is 6. The molecule has 1 heterocycles. The molecule has 0 unspecified atom stereocenters. The van der Waals surface area contributed by atoms with Crippen LogP contribution in [0.3, 0.4) is 0 Å². The Hall–Kier alpha value is -1.78. The number of nitrogens with zero attached hydrogens (tertiary/aromatic N) is 1. The van der Waals surface area contributed by atoms with Gasteiger partial charge in [0.15, 0.2) is 0 Å². The minimum atomic E-state index is -0.162. The van der Waals surface area contributed by atoms with Gasteiger partial charge in [0.25, 0.3) is 0 Å². The van der Waals surface area contributed by atoms with Crippen LogP contribution >= 0.6 is 23.2 Å². The van der Waals surface area contributed by atoms with Gasteiger partial charge < -0.3 is 10.3 Å². The van der Waals surface area contributed by atoms with Gasteiger partial charge in [-0.15, -0.1) is 0 Å². The third-order valence-corrected chi connectivity index (χ3v) is 3.40. The highest BCUT2D eigenvalue weighted by atomic mass is 35.5. The van der Waals surface area contributed by atoms with E-state index in [1.807, 2.05) is 0 Å². The Bertz CT molecular complexity index is 624. The van der Waals surface area contributed by atoms with E-state index in [9.17, 15) is 4.79 Å². The van der Waals surface area contributed by atoms with Gasteiger partial charge in [0, 0.05) is 41.5 Å². The Balaban J connectivity index is 1.76. The molecule has 1 aromatic heterocycles.